The number of benzene rings is 2. The zero-order chi connectivity index (χ0) is 21.2. The molecule has 0 fully saturated rings. The number of nitrogens with zero attached hydrogens (tertiary/aromatic N) is 2. The van der Waals surface area contributed by atoms with Gasteiger partial charge in [-0.05, 0) is 44.0 Å². The number of aryl methyl sites for hydroxylation is 1. The summed E-state index contributed by atoms with van der Waals surface area (Å²) in [7, 11) is -6.88. The van der Waals surface area contributed by atoms with Crippen LogP contribution in [0.15, 0.2) is 53.6 Å². The van der Waals surface area contributed by atoms with E-state index in [1.807, 2.05) is 31.2 Å². The Morgan fingerprint density at radius 2 is 1.72 bits per heavy atom. The standard InChI is InChI=1S/C20H25N3O4S2/c1-4-28(24,25)22-18-11-9-16(10-12-18)19-14-20(17-8-6-7-15(3)13-17)23(21-19)29(26,27)5-2/h6-13,20,22H,4-5,14H2,1-3H3. The molecule has 0 aromatic heterocycles. The number of nitrogens with one attached hydrogen (secondary N) is 1. The van der Waals surface area contributed by atoms with Crippen molar-refractivity contribution in [2.45, 2.75) is 33.2 Å². The minimum atomic E-state index is -3.53. The first-order chi connectivity index (χ1) is 13.6. The zero-order valence-electron chi connectivity index (χ0n) is 16.7. The molecule has 1 aliphatic heterocycles. The van der Waals surface area contributed by atoms with Crippen LogP contribution < -0.4 is 4.72 Å². The molecule has 1 atom stereocenters. The second kappa shape index (κ2) is 8.16. The van der Waals surface area contributed by atoms with E-state index in [0.29, 0.717) is 17.8 Å². The fourth-order valence-corrected chi connectivity index (χ4v) is 4.87. The van der Waals surface area contributed by atoms with E-state index < -0.39 is 26.1 Å². The highest BCUT2D eigenvalue weighted by Gasteiger charge is 2.35. The fraction of sp³-hybridized carbons (Fsp3) is 0.350. The van der Waals surface area contributed by atoms with Crippen molar-refractivity contribution in [3.05, 3.63) is 65.2 Å². The third-order valence-electron chi connectivity index (χ3n) is 4.82. The monoisotopic (exact) mass is 435 g/mol. The Morgan fingerprint density at radius 3 is 2.31 bits per heavy atom. The van der Waals surface area contributed by atoms with Gasteiger partial charge >= 0.3 is 0 Å². The zero-order valence-corrected chi connectivity index (χ0v) is 18.3. The molecule has 0 saturated carbocycles. The SMILES string of the molecule is CCS(=O)(=O)Nc1ccc(C2=NN(S(=O)(=O)CC)C(c3cccc(C)c3)C2)cc1. The number of hydrogen-bond acceptors (Lipinski definition) is 5. The highest BCUT2D eigenvalue weighted by molar-refractivity contribution is 7.92. The molecule has 1 heterocycles. The molecule has 0 radical (unpaired) electrons. The lowest BCUT2D eigenvalue weighted by Crippen LogP contribution is -2.28. The van der Waals surface area contributed by atoms with Crippen molar-refractivity contribution in [2.75, 3.05) is 16.2 Å². The van der Waals surface area contributed by atoms with Crippen LogP contribution in [0, 0.1) is 6.92 Å². The van der Waals surface area contributed by atoms with Gasteiger partial charge in [-0.1, -0.05) is 42.0 Å². The van der Waals surface area contributed by atoms with Gasteiger partial charge in [0.1, 0.15) is 0 Å². The summed E-state index contributed by atoms with van der Waals surface area (Å²) in [5.41, 5.74) is 3.82. The molecular weight excluding hydrogens is 410 g/mol. The topological polar surface area (TPSA) is 95.9 Å². The van der Waals surface area contributed by atoms with Crippen LogP contribution in [0.1, 0.15) is 43.0 Å². The minimum absolute atomic E-state index is 0.0104. The second-order valence-corrected chi connectivity index (χ2v) is 11.1. The molecular formula is C20H25N3O4S2. The number of hydrogen-bond donors (Lipinski definition) is 1. The first-order valence-corrected chi connectivity index (χ1v) is 12.7. The highest BCUT2D eigenvalue weighted by Crippen LogP contribution is 2.35. The number of sulfonamides is 2. The molecule has 0 spiro atoms. The lowest BCUT2D eigenvalue weighted by atomic mass is 9.98. The summed E-state index contributed by atoms with van der Waals surface area (Å²) < 4.78 is 52.4. The van der Waals surface area contributed by atoms with Gasteiger partial charge in [0.05, 0.1) is 23.3 Å². The molecule has 2 aromatic carbocycles. The van der Waals surface area contributed by atoms with Crippen LogP contribution in [0.5, 0.6) is 0 Å². The molecule has 29 heavy (non-hydrogen) atoms. The Balaban J connectivity index is 1.92. The molecule has 156 valence electrons. The van der Waals surface area contributed by atoms with Crippen molar-refractivity contribution in [2.24, 2.45) is 5.10 Å². The average Bonchev–Trinajstić information content (AvgIpc) is 3.15. The Kier molecular flexibility index (Phi) is 6.00. The summed E-state index contributed by atoms with van der Waals surface area (Å²) in [6.45, 7) is 5.14. The van der Waals surface area contributed by atoms with Crippen molar-refractivity contribution >= 4 is 31.4 Å². The van der Waals surface area contributed by atoms with Gasteiger partial charge in [-0.2, -0.15) is 9.52 Å². The van der Waals surface area contributed by atoms with Gasteiger partial charge in [0.15, 0.2) is 0 Å². The molecule has 1 aliphatic rings. The lowest BCUT2D eigenvalue weighted by Gasteiger charge is -2.23. The van der Waals surface area contributed by atoms with E-state index in [9.17, 15) is 16.8 Å². The van der Waals surface area contributed by atoms with Crippen molar-refractivity contribution in [1.29, 1.82) is 0 Å². The van der Waals surface area contributed by atoms with Crippen LogP contribution in [0.2, 0.25) is 0 Å². The summed E-state index contributed by atoms with van der Waals surface area (Å²) in [6.07, 6.45) is 0.447. The van der Waals surface area contributed by atoms with Crippen molar-refractivity contribution < 1.29 is 16.8 Å². The molecule has 1 unspecified atom stereocenters. The van der Waals surface area contributed by atoms with E-state index in [-0.39, 0.29) is 11.5 Å². The van der Waals surface area contributed by atoms with Crippen LogP contribution in [0.25, 0.3) is 0 Å². The van der Waals surface area contributed by atoms with Gasteiger partial charge in [-0.25, -0.2) is 16.8 Å². The second-order valence-electron chi connectivity index (χ2n) is 6.94. The lowest BCUT2D eigenvalue weighted by molar-refractivity contribution is 0.372. The number of hydrazone groups is 1. The number of anilines is 1. The van der Waals surface area contributed by atoms with Gasteiger partial charge in [0.2, 0.25) is 20.0 Å². The molecule has 7 nitrogen and oxygen atoms in total. The molecule has 0 bridgehead atoms. The van der Waals surface area contributed by atoms with Gasteiger partial charge in [-0.15, -0.1) is 0 Å². The van der Waals surface area contributed by atoms with E-state index >= 15 is 0 Å². The van der Waals surface area contributed by atoms with Crippen LogP contribution in [0.4, 0.5) is 5.69 Å². The van der Waals surface area contributed by atoms with Crippen molar-refractivity contribution in [1.82, 2.24) is 4.41 Å². The van der Waals surface area contributed by atoms with Gasteiger partial charge in [0.25, 0.3) is 0 Å². The predicted molar refractivity (Wildman–Crippen MR) is 116 cm³/mol. The molecule has 1 N–H and O–H groups in total. The van der Waals surface area contributed by atoms with E-state index in [4.69, 9.17) is 0 Å². The molecule has 3 rings (SSSR count). The summed E-state index contributed by atoms with van der Waals surface area (Å²) in [5, 5.41) is 4.43. The normalized spacial score (nSPS) is 17.3. The van der Waals surface area contributed by atoms with E-state index in [2.05, 4.69) is 9.82 Å². The van der Waals surface area contributed by atoms with Gasteiger partial charge in [0, 0.05) is 12.1 Å². The quantitative estimate of drug-likeness (QED) is 0.722. The Labute approximate surface area is 172 Å². The van der Waals surface area contributed by atoms with Crippen LogP contribution >= 0.6 is 0 Å². The fourth-order valence-electron chi connectivity index (χ4n) is 3.16. The molecule has 0 amide bonds. The maximum absolute atomic E-state index is 12.6. The number of rotatable bonds is 7. The Bertz CT molecular complexity index is 1120. The largest absolute Gasteiger partial charge is 0.284 e. The first-order valence-electron chi connectivity index (χ1n) is 9.42. The highest BCUT2D eigenvalue weighted by atomic mass is 32.2. The maximum Gasteiger partial charge on any atom is 0.250 e. The van der Waals surface area contributed by atoms with Crippen LogP contribution in [-0.4, -0.2) is 38.5 Å². The van der Waals surface area contributed by atoms with E-state index in [0.717, 1.165) is 16.7 Å². The van der Waals surface area contributed by atoms with Crippen LogP contribution in [-0.2, 0) is 20.0 Å². The summed E-state index contributed by atoms with van der Waals surface area (Å²) in [6, 6.07) is 14.2. The Hall–Kier alpha value is -2.39. The van der Waals surface area contributed by atoms with Crippen molar-refractivity contribution in [3.63, 3.8) is 0 Å². The van der Waals surface area contributed by atoms with Crippen molar-refractivity contribution in [3.8, 4) is 0 Å². The predicted octanol–water partition coefficient (Wildman–Crippen LogP) is 3.26. The third-order valence-corrected chi connectivity index (χ3v) is 7.76. The molecule has 2 aromatic rings. The van der Waals surface area contributed by atoms with Crippen LogP contribution in [0.3, 0.4) is 0 Å². The summed E-state index contributed by atoms with van der Waals surface area (Å²) in [4.78, 5) is 0. The average molecular weight is 436 g/mol. The summed E-state index contributed by atoms with van der Waals surface area (Å²) in [5.74, 6) is -0.0483. The van der Waals surface area contributed by atoms with Gasteiger partial charge < -0.3 is 0 Å². The third kappa shape index (κ3) is 4.79. The summed E-state index contributed by atoms with van der Waals surface area (Å²) >= 11 is 0. The Morgan fingerprint density at radius 1 is 1.03 bits per heavy atom. The molecule has 0 aliphatic carbocycles. The van der Waals surface area contributed by atoms with Gasteiger partial charge in [-0.3, -0.25) is 4.72 Å². The first kappa shape index (κ1) is 21.3. The van der Waals surface area contributed by atoms with E-state index in [1.54, 1.807) is 38.1 Å². The van der Waals surface area contributed by atoms with E-state index in [1.165, 1.54) is 4.41 Å². The minimum Gasteiger partial charge on any atom is -0.284 e. The molecule has 9 heteroatoms. The smallest absolute Gasteiger partial charge is 0.250 e. The molecule has 0 saturated heterocycles. The maximum atomic E-state index is 12.6.